The highest BCUT2D eigenvalue weighted by atomic mass is 32.2. The lowest BCUT2D eigenvalue weighted by atomic mass is 9.96. The van der Waals surface area contributed by atoms with Crippen LogP contribution in [0.15, 0.2) is 29.2 Å². The van der Waals surface area contributed by atoms with Gasteiger partial charge in [0.2, 0.25) is 15.9 Å². The zero-order chi connectivity index (χ0) is 21.9. The molecule has 2 unspecified atom stereocenters. The van der Waals surface area contributed by atoms with Gasteiger partial charge in [-0.3, -0.25) is 9.59 Å². The van der Waals surface area contributed by atoms with Gasteiger partial charge in [0.1, 0.15) is 11.8 Å². The number of rotatable bonds is 6. The Balaban J connectivity index is 1.72. The molecule has 2 fully saturated rings. The first kappa shape index (κ1) is 22.9. The van der Waals surface area contributed by atoms with Crippen LogP contribution in [0.5, 0.6) is 5.75 Å². The van der Waals surface area contributed by atoms with Crippen LogP contribution in [-0.2, 0) is 24.3 Å². The number of methoxy groups -OCH3 is 1. The lowest BCUT2D eigenvalue weighted by Gasteiger charge is -2.34. The van der Waals surface area contributed by atoms with Crippen molar-refractivity contribution in [2.75, 3.05) is 33.4 Å². The zero-order valence-corrected chi connectivity index (χ0v) is 18.9. The summed E-state index contributed by atoms with van der Waals surface area (Å²) in [6, 6.07) is 5.33. The molecule has 0 saturated carbocycles. The fourth-order valence-corrected chi connectivity index (χ4v) is 6.09. The maximum absolute atomic E-state index is 13.2. The predicted molar refractivity (Wildman–Crippen MR) is 114 cm³/mol. The molecule has 0 aromatic heterocycles. The van der Waals surface area contributed by atoms with Crippen LogP contribution in [0.4, 0.5) is 0 Å². The minimum Gasteiger partial charge on any atom is -0.497 e. The zero-order valence-electron chi connectivity index (χ0n) is 17.2. The SMILES string of the molecule is CCOC(=O)C1CCN(C(=O)C2CC(S)CN2S(=O)(=O)c2ccc(OC)cc2)CC1. The molecule has 0 aliphatic carbocycles. The van der Waals surface area contributed by atoms with Crippen molar-refractivity contribution in [1.29, 1.82) is 0 Å². The molecule has 166 valence electrons. The molecule has 0 spiro atoms. The third-order valence-electron chi connectivity index (χ3n) is 5.61. The van der Waals surface area contributed by atoms with Crippen molar-refractivity contribution in [2.24, 2.45) is 5.92 Å². The number of hydrogen-bond donors (Lipinski definition) is 1. The molecule has 2 saturated heterocycles. The summed E-state index contributed by atoms with van der Waals surface area (Å²) in [5, 5.41) is -0.218. The number of thiol groups is 1. The maximum atomic E-state index is 13.2. The van der Waals surface area contributed by atoms with Crippen molar-refractivity contribution in [3.8, 4) is 5.75 Å². The molecule has 0 bridgehead atoms. The Morgan fingerprint density at radius 3 is 2.37 bits per heavy atom. The van der Waals surface area contributed by atoms with E-state index in [1.165, 1.54) is 23.5 Å². The number of amides is 1. The lowest BCUT2D eigenvalue weighted by molar-refractivity contribution is -0.151. The molecule has 2 atom stereocenters. The molecule has 1 aromatic carbocycles. The van der Waals surface area contributed by atoms with Gasteiger partial charge in [-0.2, -0.15) is 16.9 Å². The topological polar surface area (TPSA) is 93.2 Å². The maximum Gasteiger partial charge on any atom is 0.309 e. The number of hydrogen-bond acceptors (Lipinski definition) is 7. The van der Waals surface area contributed by atoms with Gasteiger partial charge in [0.25, 0.3) is 0 Å². The summed E-state index contributed by atoms with van der Waals surface area (Å²) in [4.78, 5) is 26.9. The van der Waals surface area contributed by atoms with Crippen LogP contribution in [0.2, 0.25) is 0 Å². The standard InChI is InChI=1S/C20H28N2O6S2/c1-3-28-20(24)14-8-10-21(11-9-14)19(23)18-12-16(29)13-22(18)30(25,26)17-6-4-15(27-2)5-7-17/h4-7,14,16,18,29H,3,8-13H2,1-2H3. The van der Waals surface area contributed by atoms with Gasteiger partial charge in [0.05, 0.1) is 24.5 Å². The highest BCUT2D eigenvalue weighted by molar-refractivity contribution is 7.89. The largest absolute Gasteiger partial charge is 0.497 e. The summed E-state index contributed by atoms with van der Waals surface area (Å²) >= 11 is 4.45. The molecular weight excluding hydrogens is 428 g/mol. The number of ether oxygens (including phenoxy) is 2. The van der Waals surface area contributed by atoms with Gasteiger partial charge in [-0.1, -0.05) is 0 Å². The van der Waals surface area contributed by atoms with Gasteiger partial charge in [-0.15, -0.1) is 0 Å². The molecule has 8 nitrogen and oxygen atoms in total. The normalized spacial score (nSPS) is 23.4. The Morgan fingerprint density at radius 1 is 1.17 bits per heavy atom. The van der Waals surface area contributed by atoms with Gasteiger partial charge in [-0.05, 0) is 50.5 Å². The predicted octanol–water partition coefficient (Wildman–Crippen LogP) is 1.56. The number of carbonyl (C=O) groups is 2. The highest BCUT2D eigenvalue weighted by Gasteiger charge is 2.45. The van der Waals surface area contributed by atoms with Crippen LogP contribution < -0.4 is 4.74 Å². The van der Waals surface area contributed by atoms with Crippen molar-refractivity contribution < 1.29 is 27.5 Å². The third-order valence-corrected chi connectivity index (χ3v) is 7.87. The first-order chi connectivity index (χ1) is 14.3. The minimum atomic E-state index is -3.85. The quantitative estimate of drug-likeness (QED) is 0.516. The van der Waals surface area contributed by atoms with Crippen LogP contribution in [0.25, 0.3) is 0 Å². The van der Waals surface area contributed by atoms with E-state index in [1.54, 1.807) is 24.0 Å². The third kappa shape index (κ3) is 4.76. The second-order valence-electron chi connectivity index (χ2n) is 7.51. The first-order valence-electron chi connectivity index (χ1n) is 10.1. The van der Waals surface area contributed by atoms with Crippen LogP contribution in [0.3, 0.4) is 0 Å². The van der Waals surface area contributed by atoms with E-state index in [0.29, 0.717) is 44.7 Å². The fourth-order valence-electron chi connectivity index (χ4n) is 3.96. The second-order valence-corrected chi connectivity index (χ2v) is 10.1. The molecule has 10 heteroatoms. The Bertz CT molecular complexity index is 866. The summed E-state index contributed by atoms with van der Waals surface area (Å²) < 4.78 is 37.8. The van der Waals surface area contributed by atoms with Gasteiger partial charge >= 0.3 is 5.97 Å². The molecule has 3 rings (SSSR count). The van der Waals surface area contributed by atoms with E-state index >= 15 is 0 Å². The summed E-state index contributed by atoms with van der Waals surface area (Å²) in [6.45, 7) is 3.09. The summed E-state index contributed by atoms with van der Waals surface area (Å²) in [7, 11) is -2.34. The number of likely N-dealkylation sites (tertiary alicyclic amines) is 1. The molecule has 1 aromatic rings. The number of esters is 1. The van der Waals surface area contributed by atoms with E-state index in [0.717, 1.165) is 0 Å². The summed E-state index contributed by atoms with van der Waals surface area (Å²) in [5.41, 5.74) is 0. The number of piperidine rings is 1. The number of benzene rings is 1. The molecule has 1 amide bonds. The van der Waals surface area contributed by atoms with Crippen molar-refractivity contribution >= 4 is 34.5 Å². The van der Waals surface area contributed by atoms with Crippen molar-refractivity contribution in [2.45, 2.75) is 42.4 Å². The lowest BCUT2D eigenvalue weighted by Crippen LogP contribution is -2.50. The molecule has 2 aliphatic rings. The van der Waals surface area contributed by atoms with Gasteiger partial charge in [-0.25, -0.2) is 8.42 Å². The second kappa shape index (κ2) is 9.57. The molecule has 2 heterocycles. The van der Waals surface area contributed by atoms with E-state index in [-0.39, 0.29) is 34.5 Å². The van der Waals surface area contributed by atoms with E-state index < -0.39 is 16.1 Å². The van der Waals surface area contributed by atoms with Crippen molar-refractivity contribution in [3.05, 3.63) is 24.3 Å². The van der Waals surface area contributed by atoms with Crippen LogP contribution in [-0.4, -0.2) is 74.1 Å². The summed E-state index contributed by atoms with van der Waals surface area (Å²) in [5.74, 6) is -0.121. The van der Waals surface area contributed by atoms with E-state index in [9.17, 15) is 18.0 Å². The number of sulfonamides is 1. The smallest absolute Gasteiger partial charge is 0.309 e. The van der Waals surface area contributed by atoms with E-state index in [2.05, 4.69) is 12.6 Å². The number of carbonyl (C=O) groups excluding carboxylic acids is 2. The molecular formula is C20H28N2O6S2. The Hall–Kier alpha value is -1.78. The Labute approximate surface area is 183 Å². The van der Waals surface area contributed by atoms with Crippen LogP contribution in [0.1, 0.15) is 26.2 Å². The Kier molecular flexibility index (Phi) is 7.30. The van der Waals surface area contributed by atoms with Gasteiger partial charge < -0.3 is 14.4 Å². The molecule has 0 radical (unpaired) electrons. The van der Waals surface area contributed by atoms with Crippen molar-refractivity contribution in [3.63, 3.8) is 0 Å². The van der Waals surface area contributed by atoms with E-state index in [4.69, 9.17) is 9.47 Å². The molecule has 2 aliphatic heterocycles. The monoisotopic (exact) mass is 456 g/mol. The van der Waals surface area contributed by atoms with E-state index in [1.807, 2.05) is 0 Å². The summed E-state index contributed by atoms with van der Waals surface area (Å²) in [6.07, 6.45) is 1.40. The van der Waals surface area contributed by atoms with Gasteiger partial charge in [0.15, 0.2) is 0 Å². The average molecular weight is 457 g/mol. The van der Waals surface area contributed by atoms with Gasteiger partial charge in [0, 0.05) is 24.9 Å². The Morgan fingerprint density at radius 2 is 1.80 bits per heavy atom. The molecule has 0 N–H and O–H groups in total. The number of nitrogens with zero attached hydrogens (tertiary/aromatic N) is 2. The fraction of sp³-hybridized carbons (Fsp3) is 0.600. The first-order valence-corrected chi connectivity index (χ1v) is 12.0. The van der Waals surface area contributed by atoms with Crippen molar-refractivity contribution in [1.82, 2.24) is 9.21 Å². The van der Waals surface area contributed by atoms with Crippen LogP contribution in [0, 0.1) is 5.92 Å². The highest BCUT2D eigenvalue weighted by Crippen LogP contribution is 2.31. The minimum absolute atomic E-state index is 0.115. The van der Waals surface area contributed by atoms with Crippen LogP contribution >= 0.6 is 12.6 Å². The molecule has 30 heavy (non-hydrogen) atoms. The average Bonchev–Trinajstić information content (AvgIpc) is 3.16.